The van der Waals surface area contributed by atoms with Gasteiger partial charge >= 0.3 is 0 Å². The highest BCUT2D eigenvalue weighted by molar-refractivity contribution is 5.92. The van der Waals surface area contributed by atoms with Crippen molar-refractivity contribution in [3.63, 3.8) is 0 Å². The molecule has 1 fully saturated rings. The Morgan fingerprint density at radius 3 is 2.91 bits per heavy atom. The van der Waals surface area contributed by atoms with Crippen molar-refractivity contribution in [2.45, 2.75) is 25.5 Å². The van der Waals surface area contributed by atoms with Crippen LogP contribution in [0.2, 0.25) is 0 Å². The molecule has 3 heterocycles. The van der Waals surface area contributed by atoms with Crippen molar-refractivity contribution >= 4 is 11.7 Å². The molecule has 3 rings (SSSR count). The van der Waals surface area contributed by atoms with E-state index in [0.717, 1.165) is 25.1 Å². The third kappa shape index (κ3) is 4.46. The van der Waals surface area contributed by atoms with E-state index in [1.54, 1.807) is 18.3 Å². The summed E-state index contributed by atoms with van der Waals surface area (Å²) < 4.78 is 5.47. The lowest BCUT2D eigenvalue weighted by Gasteiger charge is -2.10. The zero-order valence-corrected chi connectivity index (χ0v) is 12.7. The number of anilines is 1. The van der Waals surface area contributed by atoms with Crippen LogP contribution in [0.15, 0.2) is 36.5 Å². The van der Waals surface area contributed by atoms with Crippen molar-refractivity contribution in [3.05, 3.63) is 47.9 Å². The molecule has 1 amide bonds. The van der Waals surface area contributed by atoms with Gasteiger partial charge in [-0.1, -0.05) is 6.07 Å². The summed E-state index contributed by atoms with van der Waals surface area (Å²) in [7, 11) is 0. The van der Waals surface area contributed by atoms with Crippen LogP contribution in [0.3, 0.4) is 0 Å². The minimum absolute atomic E-state index is 0.117. The molecular formula is C16H19N5O2. The fourth-order valence-corrected chi connectivity index (χ4v) is 2.33. The van der Waals surface area contributed by atoms with Crippen LogP contribution in [0.4, 0.5) is 5.82 Å². The molecule has 2 aromatic heterocycles. The number of carbonyl (C=O) groups is 1. The average Bonchev–Trinajstić information content (AvgIpc) is 3.13. The van der Waals surface area contributed by atoms with Crippen LogP contribution < -0.4 is 10.6 Å². The first kappa shape index (κ1) is 15.4. The first-order valence-electron chi connectivity index (χ1n) is 7.68. The fourth-order valence-electron chi connectivity index (χ4n) is 2.33. The van der Waals surface area contributed by atoms with Gasteiger partial charge in [0.15, 0.2) is 5.69 Å². The second-order valence-corrected chi connectivity index (χ2v) is 5.32. The van der Waals surface area contributed by atoms with Crippen LogP contribution in [0.25, 0.3) is 0 Å². The molecule has 0 bridgehead atoms. The topological polar surface area (TPSA) is 89.0 Å². The lowest BCUT2D eigenvalue weighted by molar-refractivity contribution is 0.0853. The Morgan fingerprint density at radius 1 is 1.26 bits per heavy atom. The maximum Gasteiger partial charge on any atom is 0.271 e. The summed E-state index contributed by atoms with van der Waals surface area (Å²) in [4.78, 5) is 16.2. The standard InChI is InChI=1S/C16H19N5O2/c22-16(19-11-13-5-3-9-23-13)14-6-7-15(21-20-14)18-10-12-4-1-2-8-17-12/h1-2,4,6-8,13H,3,5,9-11H2,(H,18,21)(H,19,22). The lowest BCUT2D eigenvalue weighted by Crippen LogP contribution is -2.32. The Bertz CT molecular complexity index is 627. The Hall–Kier alpha value is -2.54. The summed E-state index contributed by atoms with van der Waals surface area (Å²) >= 11 is 0. The van der Waals surface area contributed by atoms with Gasteiger partial charge in [0.2, 0.25) is 0 Å². The second kappa shape index (κ2) is 7.64. The highest BCUT2D eigenvalue weighted by Gasteiger charge is 2.17. The van der Waals surface area contributed by atoms with Crippen molar-refractivity contribution in [2.75, 3.05) is 18.5 Å². The molecule has 2 N–H and O–H groups in total. The van der Waals surface area contributed by atoms with Crippen molar-refractivity contribution in [2.24, 2.45) is 0 Å². The zero-order valence-electron chi connectivity index (χ0n) is 12.7. The number of ether oxygens (including phenoxy) is 1. The van der Waals surface area contributed by atoms with E-state index >= 15 is 0 Å². The van der Waals surface area contributed by atoms with Crippen LogP contribution >= 0.6 is 0 Å². The normalized spacial score (nSPS) is 17.0. The van der Waals surface area contributed by atoms with Crippen LogP contribution in [0.5, 0.6) is 0 Å². The highest BCUT2D eigenvalue weighted by Crippen LogP contribution is 2.11. The Morgan fingerprint density at radius 2 is 2.22 bits per heavy atom. The van der Waals surface area contributed by atoms with Crippen LogP contribution in [0, 0.1) is 0 Å². The molecule has 1 atom stereocenters. The zero-order chi connectivity index (χ0) is 15.9. The van der Waals surface area contributed by atoms with E-state index in [2.05, 4.69) is 25.8 Å². The minimum Gasteiger partial charge on any atom is -0.376 e. The average molecular weight is 313 g/mol. The van der Waals surface area contributed by atoms with E-state index in [4.69, 9.17) is 4.74 Å². The number of hydrogen-bond donors (Lipinski definition) is 2. The van der Waals surface area contributed by atoms with Gasteiger partial charge in [0.25, 0.3) is 5.91 Å². The summed E-state index contributed by atoms with van der Waals surface area (Å²) in [6.45, 7) is 1.84. The molecule has 120 valence electrons. The molecule has 1 saturated heterocycles. The van der Waals surface area contributed by atoms with Gasteiger partial charge in [0.1, 0.15) is 5.82 Å². The molecule has 7 heteroatoms. The van der Waals surface area contributed by atoms with E-state index < -0.39 is 0 Å². The van der Waals surface area contributed by atoms with Gasteiger partial charge in [-0.2, -0.15) is 0 Å². The summed E-state index contributed by atoms with van der Waals surface area (Å²) in [6.07, 6.45) is 3.90. The van der Waals surface area contributed by atoms with Gasteiger partial charge in [0.05, 0.1) is 18.3 Å². The SMILES string of the molecule is O=C(NCC1CCCO1)c1ccc(NCc2ccccn2)nn1. The number of nitrogens with one attached hydrogen (secondary N) is 2. The lowest BCUT2D eigenvalue weighted by atomic mass is 10.2. The summed E-state index contributed by atoms with van der Waals surface area (Å²) in [6, 6.07) is 9.10. The predicted molar refractivity (Wildman–Crippen MR) is 84.9 cm³/mol. The first-order valence-corrected chi connectivity index (χ1v) is 7.68. The number of carbonyl (C=O) groups excluding carboxylic acids is 1. The smallest absolute Gasteiger partial charge is 0.271 e. The number of nitrogens with zero attached hydrogens (tertiary/aromatic N) is 3. The molecule has 1 aliphatic rings. The van der Waals surface area contributed by atoms with Crippen LogP contribution in [-0.2, 0) is 11.3 Å². The van der Waals surface area contributed by atoms with E-state index in [1.165, 1.54) is 0 Å². The quantitative estimate of drug-likeness (QED) is 0.838. The van der Waals surface area contributed by atoms with E-state index in [0.29, 0.717) is 24.6 Å². The molecule has 0 aromatic carbocycles. The Kier molecular flexibility index (Phi) is 5.10. The summed E-state index contributed by atoms with van der Waals surface area (Å²) in [5.41, 5.74) is 1.21. The fraction of sp³-hybridized carbons (Fsp3) is 0.375. The van der Waals surface area contributed by atoms with E-state index in [9.17, 15) is 4.79 Å². The second-order valence-electron chi connectivity index (χ2n) is 5.32. The highest BCUT2D eigenvalue weighted by atomic mass is 16.5. The molecule has 2 aromatic rings. The summed E-state index contributed by atoms with van der Waals surface area (Å²) in [5.74, 6) is 0.371. The maximum atomic E-state index is 12.0. The third-order valence-electron chi connectivity index (χ3n) is 3.59. The molecule has 0 saturated carbocycles. The first-order chi connectivity index (χ1) is 11.3. The molecule has 0 spiro atoms. The van der Waals surface area contributed by atoms with E-state index in [-0.39, 0.29) is 12.0 Å². The molecule has 7 nitrogen and oxygen atoms in total. The monoisotopic (exact) mass is 313 g/mol. The van der Waals surface area contributed by atoms with Crippen molar-refractivity contribution < 1.29 is 9.53 Å². The number of amides is 1. The number of pyridine rings is 1. The summed E-state index contributed by atoms with van der Waals surface area (Å²) in [5, 5.41) is 13.9. The maximum absolute atomic E-state index is 12.0. The molecule has 23 heavy (non-hydrogen) atoms. The molecule has 0 aliphatic carbocycles. The van der Waals surface area contributed by atoms with Crippen molar-refractivity contribution in [1.82, 2.24) is 20.5 Å². The third-order valence-corrected chi connectivity index (χ3v) is 3.59. The van der Waals surface area contributed by atoms with Gasteiger partial charge in [-0.05, 0) is 37.1 Å². The van der Waals surface area contributed by atoms with Gasteiger partial charge in [-0.15, -0.1) is 10.2 Å². The van der Waals surface area contributed by atoms with Gasteiger partial charge in [-0.25, -0.2) is 0 Å². The Balaban J connectivity index is 1.49. The van der Waals surface area contributed by atoms with Crippen molar-refractivity contribution in [1.29, 1.82) is 0 Å². The van der Waals surface area contributed by atoms with Crippen molar-refractivity contribution in [3.8, 4) is 0 Å². The van der Waals surface area contributed by atoms with Crippen LogP contribution in [0.1, 0.15) is 29.0 Å². The number of hydrogen-bond acceptors (Lipinski definition) is 6. The predicted octanol–water partition coefficient (Wildman–Crippen LogP) is 1.39. The van der Waals surface area contributed by atoms with E-state index in [1.807, 2.05) is 18.2 Å². The molecule has 1 unspecified atom stereocenters. The molecule has 1 aliphatic heterocycles. The Labute approximate surface area is 134 Å². The minimum atomic E-state index is -0.232. The van der Waals surface area contributed by atoms with Crippen LogP contribution in [-0.4, -0.2) is 40.3 Å². The molecule has 0 radical (unpaired) electrons. The number of rotatable bonds is 6. The van der Waals surface area contributed by atoms with Gasteiger partial charge in [-0.3, -0.25) is 9.78 Å². The largest absolute Gasteiger partial charge is 0.376 e. The van der Waals surface area contributed by atoms with Gasteiger partial charge < -0.3 is 15.4 Å². The van der Waals surface area contributed by atoms with Gasteiger partial charge in [0, 0.05) is 19.3 Å². The molecular weight excluding hydrogens is 294 g/mol. The number of aromatic nitrogens is 3.